The Morgan fingerprint density at radius 2 is 1.85 bits per heavy atom. The fourth-order valence-electron chi connectivity index (χ4n) is 0.890. The minimum absolute atomic E-state index is 0.426. The van der Waals surface area contributed by atoms with Crippen molar-refractivity contribution in [3.63, 3.8) is 0 Å². The maximum Gasteiger partial charge on any atom is 0.504 e. The molecule has 0 aromatic heterocycles. The average Bonchev–Trinajstić information content (AvgIpc) is 2.12. The molecule has 1 rings (SSSR count). The molecule has 0 amide bonds. The molecule has 0 spiro atoms. The van der Waals surface area contributed by atoms with Gasteiger partial charge in [-0.3, -0.25) is 0 Å². The number of hydrogen-bond donors (Lipinski definition) is 0. The van der Waals surface area contributed by atoms with Crippen molar-refractivity contribution in [3.8, 4) is 0 Å². The van der Waals surface area contributed by atoms with Crippen LogP contribution in [0.15, 0.2) is 18.2 Å². The zero-order chi connectivity index (χ0) is 9.68. The fraction of sp³-hybridized carbons (Fsp3) is 0.111. The lowest BCUT2D eigenvalue weighted by atomic mass is 10.2. The molecule has 0 bridgehead atoms. The summed E-state index contributed by atoms with van der Waals surface area (Å²) in [6.07, 6.45) is 2.84. The highest BCUT2D eigenvalue weighted by Crippen LogP contribution is 2.17. The molecular formula is C9H6N2O2+2. The quantitative estimate of drug-likeness (QED) is 0.487. The Morgan fingerprint density at radius 1 is 1.15 bits per heavy atom. The van der Waals surface area contributed by atoms with Crippen LogP contribution in [0.5, 0.6) is 0 Å². The van der Waals surface area contributed by atoms with E-state index < -0.39 is 0 Å². The zero-order valence-electron chi connectivity index (χ0n) is 6.94. The van der Waals surface area contributed by atoms with Crippen molar-refractivity contribution >= 4 is 23.5 Å². The lowest BCUT2D eigenvalue weighted by molar-refractivity contribution is 0.562. The summed E-state index contributed by atoms with van der Waals surface area (Å²) in [4.78, 5) is 26.8. The third-order valence-electron chi connectivity index (χ3n) is 1.53. The highest BCUT2D eigenvalue weighted by molar-refractivity contribution is 5.59. The van der Waals surface area contributed by atoms with E-state index in [1.165, 1.54) is 18.2 Å². The van der Waals surface area contributed by atoms with Gasteiger partial charge >= 0.3 is 23.5 Å². The molecule has 1 aromatic rings. The van der Waals surface area contributed by atoms with Crippen molar-refractivity contribution in [1.82, 2.24) is 9.98 Å². The number of aryl methyl sites for hydroxylation is 1. The summed E-state index contributed by atoms with van der Waals surface area (Å²) < 4.78 is 0. The van der Waals surface area contributed by atoms with Gasteiger partial charge in [0.25, 0.3) is 0 Å². The lowest BCUT2D eigenvalue weighted by Crippen LogP contribution is -1.86. The Kier molecular flexibility index (Phi) is 2.87. The molecule has 4 heteroatoms. The molecule has 0 saturated heterocycles. The first kappa shape index (κ1) is 9.07. The van der Waals surface area contributed by atoms with Gasteiger partial charge in [-0.2, -0.15) is 9.59 Å². The number of aliphatic imine (C=N–C) groups is 2. The van der Waals surface area contributed by atoms with E-state index in [1.807, 2.05) is 0 Å². The maximum absolute atomic E-state index is 10.00. The second-order valence-corrected chi connectivity index (χ2v) is 2.38. The molecule has 62 valence electrons. The normalized spacial score (nSPS) is 8.38. The number of benzene rings is 1. The monoisotopic (exact) mass is 174 g/mol. The van der Waals surface area contributed by atoms with E-state index in [9.17, 15) is 9.59 Å². The van der Waals surface area contributed by atoms with Gasteiger partial charge in [0.15, 0.2) is 9.98 Å². The highest BCUT2D eigenvalue weighted by Gasteiger charge is 2.14. The minimum atomic E-state index is 0.426. The van der Waals surface area contributed by atoms with Crippen LogP contribution in [-0.2, 0) is 9.59 Å². The molecule has 0 fully saturated rings. The largest absolute Gasteiger partial charge is 0.504 e. The summed E-state index contributed by atoms with van der Waals surface area (Å²) in [6.45, 7) is 1.80. The molecule has 1 aromatic carbocycles. The zero-order valence-corrected chi connectivity index (χ0v) is 6.94. The second-order valence-electron chi connectivity index (χ2n) is 2.38. The molecule has 4 nitrogen and oxygen atoms in total. The Balaban J connectivity index is 3.25. The van der Waals surface area contributed by atoms with Crippen LogP contribution in [0.25, 0.3) is 0 Å². The molecule has 0 saturated carbocycles. The molecule has 0 aliphatic heterocycles. The smallest absolute Gasteiger partial charge is 0.154 e. The number of carbonyl (C=O) groups excluding carboxylic acids is 2. The Bertz CT molecular complexity index is 414. The SMILES string of the molecule is Cc1ccc([N+]=C=O)cc1[N+]=C=O. The first-order chi connectivity index (χ1) is 6.27. The van der Waals surface area contributed by atoms with Crippen LogP contribution in [-0.4, -0.2) is 12.2 Å². The van der Waals surface area contributed by atoms with Crippen LogP contribution >= 0.6 is 0 Å². The Morgan fingerprint density at radius 3 is 2.46 bits per heavy atom. The predicted molar refractivity (Wildman–Crippen MR) is 46.2 cm³/mol. The van der Waals surface area contributed by atoms with E-state index in [4.69, 9.17) is 0 Å². The maximum atomic E-state index is 10.00. The van der Waals surface area contributed by atoms with Gasteiger partial charge in [0.2, 0.25) is 0 Å². The number of hydrogen-bond acceptors (Lipinski definition) is 4. The van der Waals surface area contributed by atoms with E-state index in [0.717, 1.165) is 5.56 Å². The van der Waals surface area contributed by atoms with Crippen LogP contribution < -0.4 is 9.98 Å². The molecule has 0 N–H and O–H groups in total. The third-order valence-corrected chi connectivity index (χ3v) is 1.53. The van der Waals surface area contributed by atoms with Gasteiger partial charge < -0.3 is 0 Å². The van der Waals surface area contributed by atoms with Gasteiger partial charge in [0.1, 0.15) is 0 Å². The second kappa shape index (κ2) is 4.12. The van der Waals surface area contributed by atoms with Gasteiger partial charge in [0, 0.05) is 11.6 Å². The van der Waals surface area contributed by atoms with E-state index in [1.54, 1.807) is 19.1 Å². The molecule has 13 heavy (non-hydrogen) atoms. The molecule has 0 aliphatic rings. The molecule has 2 radical (unpaired) electrons. The molecule has 0 heterocycles. The number of nitrogens with zero attached hydrogens (tertiary/aromatic N) is 2. The van der Waals surface area contributed by atoms with Crippen LogP contribution in [0.4, 0.5) is 11.4 Å². The van der Waals surface area contributed by atoms with Crippen molar-refractivity contribution in [2.75, 3.05) is 0 Å². The summed E-state index contributed by atoms with van der Waals surface area (Å²) in [7, 11) is 0. The first-order valence-corrected chi connectivity index (χ1v) is 3.54. The van der Waals surface area contributed by atoms with Gasteiger partial charge in [-0.15, -0.1) is 0 Å². The van der Waals surface area contributed by atoms with Crippen molar-refractivity contribution in [2.24, 2.45) is 0 Å². The summed E-state index contributed by atoms with van der Waals surface area (Å²) in [5, 5.41) is 0. The van der Waals surface area contributed by atoms with E-state index in [2.05, 4.69) is 9.98 Å². The van der Waals surface area contributed by atoms with Gasteiger partial charge in [-0.1, -0.05) is 0 Å². The standard InChI is InChI=1S/C9H6N2O2/c1-7-2-3-8(10-5-12)4-9(7)11-6-13/h2-4H,1H3/q+2. The van der Waals surface area contributed by atoms with Crippen molar-refractivity contribution in [3.05, 3.63) is 23.8 Å². The first-order valence-electron chi connectivity index (χ1n) is 3.54. The fourth-order valence-corrected chi connectivity index (χ4v) is 0.890. The average molecular weight is 174 g/mol. The predicted octanol–water partition coefficient (Wildman–Crippen LogP) is 0.601. The number of isocyanates is 2. The summed E-state index contributed by atoms with van der Waals surface area (Å²) in [5.41, 5.74) is 1.72. The minimum Gasteiger partial charge on any atom is -0.154 e. The Labute approximate surface area is 74.6 Å². The van der Waals surface area contributed by atoms with Crippen molar-refractivity contribution < 1.29 is 9.59 Å². The molecule has 0 unspecified atom stereocenters. The Hall–Kier alpha value is -2.02. The molecular weight excluding hydrogens is 168 g/mol. The summed E-state index contributed by atoms with van der Waals surface area (Å²) in [5.74, 6) is 0. The van der Waals surface area contributed by atoms with Crippen LogP contribution in [0.3, 0.4) is 0 Å². The van der Waals surface area contributed by atoms with Crippen LogP contribution in [0, 0.1) is 6.92 Å². The highest BCUT2D eigenvalue weighted by atomic mass is 16.1. The van der Waals surface area contributed by atoms with E-state index in [0.29, 0.717) is 11.4 Å². The third kappa shape index (κ3) is 2.20. The van der Waals surface area contributed by atoms with Gasteiger partial charge in [-0.25, -0.2) is 0 Å². The van der Waals surface area contributed by atoms with Gasteiger partial charge in [-0.05, 0) is 13.0 Å². The van der Waals surface area contributed by atoms with E-state index in [-0.39, 0.29) is 0 Å². The van der Waals surface area contributed by atoms with Crippen molar-refractivity contribution in [2.45, 2.75) is 6.92 Å². The summed E-state index contributed by atoms with van der Waals surface area (Å²) >= 11 is 0. The lowest BCUT2D eigenvalue weighted by Gasteiger charge is -1.83. The van der Waals surface area contributed by atoms with Crippen molar-refractivity contribution in [1.29, 1.82) is 0 Å². The summed E-state index contributed by atoms with van der Waals surface area (Å²) in [6, 6.07) is 4.88. The molecule has 0 aliphatic carbocycles. The van der Waals surface area contributed by atoms with Crippen LogP contribution in [0.1, 0.15) is 5.56 Å². The van der Waals surface area contributed by atoms with Crippen LogP contribution in [0.2, 0.25) is 0 Å². The topological polar surface area (TPSA) is 62.3 Å². The van der Waals surface area contributed by atoms with E-state index >= 15 is 0 Å². The number of rotatable bonds is 2. The molecule has 0 atom stereocenters. The van der Waals surface area contributed by atoms with Gasteiger partial charge in [0.05, 0.1) is 6.07 Å².